The normalized spacial score (nSPS) is 19.6. The van der Waals surface area contributed by atoms with Crippen molar-refractivity contribution in [1.82, 2.24) is 20.0 Å². The van der Waals surface area contributed by atoms with Gasteiger partial charge in [0.2, 0.25) is 11.8 Å². The number of nitrogens with zero attached hydrogens (tertiary/aromatic N) is 3. The lowest BCUT2D eigenvalue weighted by Crippen LogP contribution is -2.49. The van der Waals surface area contributed by atoms with Gasteiger partial charge in [-0.2, -0.15) is 0 Å². The quantitative estimate of drug-likeness (QED) is 0.540. The van der Waals surface area contributed by atoms with Crippen molar-refractivity contribution in [1.29, 1.82) is 0 Å². The largest absolute Gasteiger partial charge is 0.497 e. The van der Waals surface area contributed by atoms with Gasteiger partial charge in [-0.3, -0.25) is 14.4 Å². The Bertz CT molecular complexity index is 1070. The molecule has 2 fully saturated rings. The van der Waals surface area contributed by atoms with E-state index >= 15 is 0 Å². The smallest absolute Gasteiger partial charge is 0.254 e. The van der Waals surface area contributed by atoms with Crippen LogP contribution in [0.5, 0.6) is 5.75 Å². The highest BCUT2D eigenvalue weighted by Crippen LogP contribution is 2.27. The number of rotatable bonds is 9. The summed E-state index contributed by atoms with van der Waals surface area (Å²) in [7, 11) is 3.06. The summed E-state index contributed by atoms with van der Waals surface area (Å²) in [4.78, 5) is 45.9. The summed E-state index contributed by atoms with van der Waals surface area (Å²) in [5, 5.41) is 3.32. The van der Waals surface area contributed by atoms with Gasteiger partial charge in [-0.15, -0.1) is 0 Å². The molecule has 4 rings (SSSR count). The Hall–Kier alpha value is -3.43. The molecule has 2 saturated heterocycles. The van der Waals surface area contributed by atoms with Crippen LogP contribution in [-0.4, -0.2) is 105 Å². The first-order chi connectivity index (χ1) is 18.5. The number of amides is 3. The number of hydrogen-bond acceptors (Lipinski definition) is 6. The Morgan fingerprint density at radius 2 is 1.76 bits per heavy atom. The Morgan fingerprint density at radius 3 is 2.47 bits per heavy atom. The standard InChI is InChI=1S/C29H38N4O5/c1-37-21-27(34)33-20-24(19-26(33)29(36)31-16-6-14-30-15-18-31)32(17-13-22-7-4-3-5-8-22)28(35)23-9-11-25(38-2)12-10-23/h3-5,7-12,24,26,30H,6,13-21H2,1-2H3. The zero-order chi connectivity index (χ0) is 26.9. The van der Waals surface area contributed by atoms with Crippen LogP contribution >= 0.6 is 0 Å². The molecule has 0 radical (unpaired) electrons. The van der Waals surface area contributed by atoms with E-state index in [9.17, 15) is 14.4 Å². The average Bonchev–Trinajstić information content (AvgIpc) is 3.20. The van der Waals surface area contributed by atoms with Crippen LogP contribution in [0.25, 0.3) is 0 Å². The van der Waals surface area contributed by atoms with Crippen LogP contribution in [0.15, 0.2) is 54.6 Å². The molecule has 3 amide bonds. The minimum absolute atomic E-state index is 0.0550. The number of nitrogens with one attached hydrogen (secondary N) is 1. The fourth-order valence-corrected chi connectivity index (χ4v) is 5.28. The highest BCUT2D eigenvalue weighted by molar-refractivity contribution is 5.95. The van der Waals surface area contributed by atoms with E-state index < -0.39 is 6.04 Å². The summed E-state index contributed by atoms with van der Waals surface area (Å²) in [6.07, 6.45) is 1.93. The average molecular weight is 523 g/mol. The zero-order valence-corrected chi connectivity index (χ0v) is 22.3. The van der Waals surface area contributed by atoms with Gasteiger partial charge in [0.1, 0.15) is 18.4 Å². The topological polar surface area (TPSA) is 91.4 Å². The maximum absolute atomic E-state index is 13.8. The summed E-state index contributed by atoms with van der Waals surface area (Å²) >= 11 is 0. The Labute approximate surface area is 224 Å². The summed E-state index contributed by atoms with van der Waals surface area (Å²) in [6.45, 7) is 3.52. The van der Waals surface area contributed by atoms with E-state index in [1.54, 1.807) is 36.3 Å². The highest BCUT2D eigenvalue weighted by Gasteiger charge is 2.44. The van der Waals surface area contributed by atoms with Crippen LogP contribution in [0.2, 0.25) is 0 Å². The molecular formula is C29H38N4O5. The second kappa shape index (κ2) is 13.4. The minimum Gasteiger partial charge on any atom is -0.497 e. The number of benzene rings is 2. The van der Waals surface area contributed by atoms with Crippen LogP contribution < -0.4 is 10.1 Å². The van der Waals surface area contributed by atoms with Crippen molar-refractivity contribution in [3.63, 3.8) is 0 Å². The minimum atomic E-state index is -0.622. The predicted molar refractivity (Wildman–Crippen MR) is 144 cm³/mol. The SMILES string of the molecule is COCC(=O)N1CC(N(CCc2ccccc2)C(=O)c2ccc(OC)cc2)CC1C(=O)N1CCCNCC1. The Balaban J connectivity index is 1.60. The van der Waals surface area contributed by atoms with Crippen molar-refractivity contribution in [3.8, 4) is 5.75 Å². The van der Waals surface area contributed by atoms with E-state index in [0.717, 1.165) is 25.1 Å². The number of hydrogen-bond donors (Lipinski definition) is 1. The van der Waals surface area contributed by atoms with Crippen molar-refractivity contribution in [2.75, 3.05) is 60.1 Å². The molecule has 2 atom stereocenters. The van der Waals surface area contributed by atoms with Gasteiger partial charge in [0, 0.05) is 45.4 Å². The number of ether oxygens (including phenoxy) is 2. The molecule has 0 saturated carbocycles. The lowest BCUT2D eigenvalue weighted by molar-refractivity contribution is -0.145. The zero-order valence-electron chi connectivity index (χ0n) is 22.3. The van der Waals surface area contributed by atoms with Gasteiger partial charge in [0.05, 0.1) is 13.2 Å². The molecule has 2 aliphatic rings. The molecule has 204 valence electrons. The lowest BCUT2D eigenvalue weighted by Gasteiger charge is -2.29. The van der Waals surface area contributed by atoms with Gasteiger partial charge in [-0.25, -0.2) is 0 Å². The summed E-state index contributed by atoms with van der Waals surface area (Å²) in [6, 6.07) is 16.1. The molecule has 0 spiro atoms. The van der Waals surface area contributed by atoms with Crippen LogP contribution in [0.1, 0.15) is 28.8 Å². The molecule has 0 bridgehead atoms. The van der Waals surface area contributed by atoms with Crippen molar-refractivity contribution in [2.45, 2.75) is 31.3 Å². The Morgan fingerprint density at radius 1 is 1.00 bits per heavy atom. The predicted octanol–water partition coefficient (Wildman–Crippen LogP) is 1.82. The molecule has 2 aromatic rings. The first kappa shape index (κ1) is 27.6. The summed E-state index contributed by atoms with van der Waals surface area (Å²) in [5.41, 5.74) is 1.66. The van der Waals surface area contributed by atoms with Crippen molar-refractivity contribution in [3.05, 3.63) is 65.7 Å². The maximum atomic E-state index is 13.8. The Kier molecular flexibility index (Phi) is 9.73. The number of carbonyl (C=O) groups is 3. The molecule has 9 heteroatoms. The van der Waals surface area contributed by atoms with Crippen LogP contribution in [0.3, 0.4) is 0 Å². The van der Waals surface area contributed by atoms with Crippen molar-refractivity contribution in [2.24, 2.45) is 0 Å². The molecule has 38 heavy (non-hydrogen) atoms. The van der Waals surface area contributed by atoms with Gasteiger partial charge in [-0.1, -0.05) is 30.3 Å². The fourth-order valence-electron chi connectivity index (χ4n) is 5.28. The third-order valence-corrected chi connectivity index (χ3v) is 7.33. The van der Waals surface area contributed by atoms with Gasteiger partial charge < -0.3 is 29.5 Å². The molecule has 0 aromatic heterocycles. The van der Waals surface area contributed by atoms with Crippen LogP contribution in [0.4, 0.5) is 0 Å². The van der Waals surface area contributed by atoms with Gasteiger partial charge in [0.15, 0.2) is 0 Å². The van der Waals surface area contributed by atoms with E-state index in [-0.39, 0.29) is 30.4 Å². The molecule has 2 aliphatic heterocycles. The van der Waals surface area contributed by atoms with Crippen LogP contribution in [0, 0.1) is 0 Å². The number of likely N-dealkylation sites (tertiary alicyclic amines) is 1. The molecule has 2 unspecified atom stereocenters. The van der Waals surface area contributed by atoms with Crippen molar-refractivity contribution >= 4 is 17.7 Å². The number of carbonyl (C=O) groups excluding carboxylic acids is 3. The molecule has 2 aromatic carbocycles. The van der Waals surface area contributed by atoms with E-state index in [0.29, 0.717) is 50.3 Å². The first-order valence-electron chi connectivity index (χ1n) is 13.3. The molecular weight excluding hydrogens is 484 g/mol. The second-order valence-corrected chi connectivity index (χ2v) is 9.78. The third-order valence-electron chi connectivity index (χ3n) is 7.33. The van der Waals surface area contributed by atoms with Gasteiger partial charge in [0.25, 0.3) is 5.91 Å². The molecule has 0 aliphatic carbocycles. The fraction of sp³-hybridized carbons (Fsp3) is 0.483. The van der Waals surface area contributed by atoms with Gasteiger partial charge >= 0.3 is 0 Å². The third kappa shape index (κ3) is 6.71. The van der Waals surface area contributed by atoms with Crippen molar-refractivity contribution < 1.29 is 23.9 Å². The van der Waals surface area contributed by atoms with E-state index in [4.69, 9.17) is 9.47 Å². The summed E-state index contributed by atoms with van der Waals surface area (Å²) < 4.78 is 10.4. The van der Waals surface area contributed by atoms with Gasteiger partial charge in [-0.05, 0) is 55.6 Å². The maximum Gasteiger partial charge on any atom is 0.254 e. The van der Waals surface area contributed by atoms with E-state index in [2.05, 4.69) is 5.32 Å². The molecule has 9 nitrogen and oxygen atoms in total. The van der Waals surface area contributed by atoms with Crippen LogP contribution in [-0.2, 0) is 20.7 Å². The lowest BCUT2D eigenvalue weighted by atomic mass is 10.1. The first-order valence-corrected chi connectivity index (χ1v) is 13.3. The molecule has 1 N–H and O–H groups in total. The molecule has 2 heterocycles. The number of methoxy groups -OCH3 is 2. The highest BCUT2D eigenvalue weighted by atomic mass is 16.5. The summed E-state index contributed by atoms with van der Waals surface area (Å²) in [5.74, 6) is 0.258. The van der Waals surface area contributed by atoms with E-state index in [1.165, 1.54) is 7.11 Å². The second-order valence-electron chi connectivity index (χ2n) is 9.78. The van der Waals surface area contributed by atoms with E-state index in [1.807, 2.05) is 40.1 Å². The monoisotopic (exact) mass is 522 g/mol.